The number of hydrogen-bond donors (Lipinski definition) is 2. The number of methoxy groups -OCH3 is 1. The molecule has 11 heteroatoms. The predicted octanol–water partition coefficient (Wildman–Crippen LogP) is 7.68. The van der Waals surface area contributed by atoms with E-state index in [1.54, 1.807) is 23.6 Å². The van der Waals surface area contributed by atoms with Crippen LogP contribution >= 0.6 is 34.5 Å². The number of benzene rings is 2. The van der Waals surface area contributed by atoms with Crippen molar-refractivity contribution in [2.45, 2.75) is 38.7 Å². The minimum absolute atomic E-state index is 0.0628. The quantitative estimate of drug-likeness (QED) is 0.185. The fraction of sp³-hybridized carbons (Fsp3) is 0.321. The molecule has 1 aromatic heterocycles. The van der Waals surface area contributed by atoms with Gasteiger partial charge in [0.05, 0.1) is 29.5 Å². The highest BCUT2D eigenvalue weighted by Crippen LogP contribution is 2.32. The van der Waals surface area contributed by atoms with Gasteiger partial charge in [-0.25, -0.2) is 14.2 Å². The first-order valence-electron chi connectivity index (χ1n) is 12.4. The fourth-order valence-corrected chi connectivity index (χ4v) is 5.70. The summed E-state index contributed by atoms with van der Waals surface area (Å²) in [6, 6.07) is 7.81. The molecule has 1 heterocycles. The molecule has 1 amide bonds. The molecule has 1 saturated carbocycles. The molecular weight excluding hydrogens is 566 g/mol. The Hall–Kier alpha value is -2.98. The lowest BCUT2D eigenvalue weighted by Gasteiger charge is -2.21. The van der Waals surface area contributed by atoms with E-state index >= 15 is 4.39 Å². The SMILES string of the molecule is COC(=Cc1c(Cl)cc(C(=O)Nc2nc(-c3cccc(COCC4CCCCC4)c3F)cs2)cc1Cl)C(=O)O. The highest BCUT2D eigenvalue weighted by atomic mass is 35.5. The van der Waals surface area contributed by atoms with Crippen LogP contribution in [-0.4, -0.2) is 35.7 Å². The van der Waals surface area contributed by atoms with Gasteiger partial charge in [0.1, 0.15) is 5.82 Å². The maximum absolute atomic E-state index is 15.3. The number of anilines is 1. The summed E-state index contributed by atoms with van der Waals surface area (Å²) in [6.45, 7) is 0.823. The number of carbonyl (C=O) groups is 2. The molecule has 0 atom stereocenters. The van der Waals surface area contributed by atoms with Gasteiger partial charge in [0.25, 0.3) is 5.91 Å². The maximum Gasteiger partial charge on any atom is 0.371 e. The molecule has 1 aliphatic carbocycles. The number of aliphatic carboxylic acids is 1. The number of halogens is 3. The van der Waals surface area contributed by atoms with E-state index in [4.69, 9.17) is 37.8 Å². The number of rotatable bonds is 10. The van der Waals surface area contributed by atoms with Gasteiger partial charge in [-0.2, -0.15) is 0 Å². The van der Waals surface area contributed by atoms with Crippen LogP contribution in [0.5, 0.6) is 0 Å². The number of thiazole rings is 1. The van der Waals surface area contributed by atoms with E-state index in [1.165, 1.54) is 44.6 Å². The Morgan fingerprint density at radius 1 is 1.21 bits per heavy atom. The minimum Gasteiger partial charge on any atom is -0.490 e. The number of aromatic nitrogens is 1. The Balaban J connectivity index is 1.44. The van der Waals surface area contributed by atoms with Gasteiger partial charge < -0.3 is 14.6 Å². The van der Waals surface area contributed by atoms with Crippen molar-refractivity contribution in [2.75, 3.05) is 19.0 Å². The van der Waals surface area contributed by atoms with Crippen molar-refractivity contribution in [1.29, 1.82) is 0 Å². The van der Waals surface area contributed by atoms with E-state index in [0.29, 0.717) is 29.3 Å². The second-order valence-electron chi connectivity index (χ2n) is 9.16. The molecule has 2 aromatic carbocycles. The van der Waals surface area contributed by atoms with Crippen molar-refractivity contribution >= 4 is 57.6 Å². The maximum atomic E-state index is 15.3. The monoisotopic (exact) mass is 592 g/mol. The zero-order chi connectivity index (χ0) is 27.9. The lowest BCUT2D eigenvalue weighted by atomic mass is 9.90. The smallest absolute Gasteiger partial charge is 0.371 e. The fourth-order valence-electron chi connectivity index (χ4n) is 4.39. The number of nitrogens with zero attached hydrogens (tertiary/aromatic N) is 1. The largest absolute Gasteiger partial charge is 0.490 e. The first-order valence-corrected chi connectivity index (χ1v) is 14.0. The third kappa shape index (κ3) is 7.36. The Labute approximate surface area is 239 Å². The normalized spacial score (nSPS) is 14.3. The zero-order valence-corrected chi connectivity index (χ0v) is 23.5. The molecule has 3 aromatic rings. The molecule has 0 saturated heterocycles. The molecule has 0 bridgehead atoms. The molecule has 2 N–H and O–H groups in total. The molecule has 4 rings (SSSR count). The number of carbonyl (C=O) groups excluding carboxylic acids is 1. The van der Waals surface area contributed by atoms with Crippen LogP contribution in [0, 0.1) is 11.7 Å². The van der Waals surface area contributed by atoms with Crippen molar-refractivity contribution in [1.82, 2.24) is 4.98 Å². The number of hydrogen-bond acceptors (Lipinski definition) is 6. The Morgan fingerprint density at radius 2 is 1.92 bits per heavy atom. The summed E-state index contributed by atoms with van der Waals surface area (Å²) >= 11 is 13.7. The molecule has 1 aliphatic rings. The first kappa shape index (κ1) is 29.0. The standard InChI is InChI=1S/C28H27Cl2FN2O5S/c1-37-24(27(35)36)12-20-21(29)10-18(11-22(20)30)26(34)33-28-32-23(15-39-28)19-9-5-8-17(25(19)31)14-38-13-16-6-3-2-4-7-16/h5,8-12,15-16H,2-4,6-7,13-14H2,1H3,(H,35,36)(H,32,33,34). The molecule has 1 fully saturated rings. The van der Waals surface area contributed by atoms with E-state index in [9.17, 15) is 9.59 Å². The molecule has 0 radical (unpaired) electrons. The number of ether oxygens (including phenoxy) is 2. The van der Waals surface area contributed by atoms with Gasteiger partial charge in [0.2, 0.25) is 5.76 Å². The van der Waals surface area contributed by atoms with Crippen LogP contribution in [0.3, 0.4) is 0 Å². The van der Waals surface area contributed by atoms with Crippen LogP contribution in [0.4, 0.5) is 9.52 Å². The number of nitrogens with one attached hydrogen (secondary N) is 1. The third-order valence-corrected chi connectivity index (χ3v) is 7.85. The van der Waals surface area contributed by atoms with Crippen molar-refractivity contribution in [3.63, 3.8) is 0 Å². The summed E-state index contributed by atoms with van der Waals surface area (Å²) in [5, 5.41) is 13.9. The summed E-state index contributed by atoms with van der Waals surface area (Å²) in [5.41, 5.74) is 1.50. The number of carboxylic acid groups (broad SMARTS) is 1. The molecule has 206 valence electrons. The van der Waals surface area contributed by atoms with Gasteiger partial charge >= 0.3 is 5.97 Å². The van der Waals surface area contributed by atoms with Gasteiger partial charge in [-0.05, 0) is 43.0 Å². The van der Waals surface area contributed by atoms with Crippen molar-refractivity contribution in [3.05, 3.63) is 74.0 Å². The molecule has 39 heavy (non-hydrogen) atoms. The molecule has 0 aliphatic heterocycles. The number of carboxylic acids is 1. The average Bonchev–Trinajstić information content (AvgIpc) is 3.37. The number of amides is 1. The van der Waals surface area contributed by atoms with Crippen molar-refractivity contribution in [2.24, 2.45) is 5.92 Å². The van der Waals surface area contributed by atoms with E-state index < -0.39 is 17.7 Å². The summed E-state index contributed by atoms with van der Waals surface area (Å²) in [7, 11) is 1.21. The molecule has 0 unspecified atom stereocenters. The molecular formula is C28H27Cl2FN2O5S. The summed E-state index contributed by atoms with van der Waals surface area (Å²) in [5.74, 6) is -2.05. The van der Waals surface area contributed by atoms with Gasteiger partial charge in [-0.15, -0.1) is 11.3 Å². The minimum atomic E-state index is -1.29. The molecule has 0 spiro atoms. The zero-order valence-electron chi connectivity index (χ0n) is 21.1. The lowest BCUT2D eigenvalue weighted by molar-refractivity contribution is -0.135. The summed E-state index contributed by atoms with van der Waals surface area (Å²) in [6.07, 6.45) is 7.23. The van der Waals surface area contributed by atoms with Crippen LogP contribution < -0.4 is 5.32 Å². The van der Waals surface area contributed by atoms with E-state index in [2.05, 4.69) is 10.3 Å². The van der Waals surface area contributed by atoms with Crippen LogP contribution in [0.1, 0.15) is 53.6 Å². The van der Waals surface area contributed by atoms with Crippen LogP contribution in [0.25, 0.3) is 17.3 Å². The van der Waals surface area contributed by atoms with E-state index in [1.807, 2.05) is 0 Å². The first-order chi connectivity index (χ1) is 18.8. The second-order valence-corrected chi connectivity index (χ2v) is 10.8. The van der Waals surface area contributed by atoms with E-state index in [-0.39, 0.29) is 38.7 Å². The summed E-state index contributed by atoms with van der Waals surface area (Å²) < 4.78 is 25.9. The molecule has 7 nitrogen and oxygen atoms in total. The third-order valence-electron chi connectivity index (χ3n) is 6.46. The van der Waals surface area contributed by atoms with Crippen molar-refractivity contribution < 1.29 is 28.6 Å². The Kier molecular flexibility index (Phi) is 9.96. The van der Waals surface area contributed by atoms with Crippen LogP contribution in [0.2, 0.25) is 10.0 Å². The van der Waals surface area contributed by atoms with Gasteiger partial charge in [0.15, 0.2) is 5.13 Å². The van der Waals surface area contributed by atoms with E-state index in [0.717, 1.165) is 24.2 Å². The van der Waals surface area contributed by atoms with Crippen molar-refractivity contribution in [3.8, 4) is 11.3 Å². The van der Waals surface area contributed by atoms with Gasteiger partial charge in [-0.1, -0.05) is 54.6 Å². The predicted molar refractivity (Wildman–Crippen MR) is 151 cm³/mol. The van der Waals surface area contributed by atoms with Gasteiger partial charge in [-0.3, -0.25) is 10.1 Å². The van der Waals surface area contributed by atoms with Crippen LogP contribution in [0.15, 0.2) is 41.5 Å². The average molecular weight is 594 g/mol. The topological polar surface area (TPSA) is 97.8 Å². The highest BCUT2D eigenvalue weighted by Gasteiger charge is 2.19. The van der Waals surface area contributed by atoms with Crippen LogP contribution in [-0.2, 0) is 20.9 Å². The Morgan fingerprint density at radius 3 is 2.59 bits per heavy atom. The Bertz CT molecular complexity index is 1370. The van der Waals surface area contributed by atoms with Gasteiger partial charge in [0, 0.05) is 34.2 Å². The summed E-state index contributed by atoms with van der Waals surface area (Å²) in [4.78, 5) is 28.4. The lowest BCUT2D eigenvalue weighted by Crippen LogP contribution is -2.13. The second kappa shape index (κ2) is 13.4. The highest BCUT2D eigenvalue weighted by molar-refractivity contribution is 7.14.